The first-order chi connectivity index (χ1) is 10.1. The molecule has 0 radical (unpaired) electrons. The van der Waals surface area contributed by atoms with Crippen LogP contribution in [0.15, 0.2) is 40.9 Å². The summed E-state index contributed by atoms with van der Waals surface area (Å²) in [6, 6.07) is 9.35. The molecule has 7 nitrogen and oxygen atoms in total. The third kappa shape index (κ3) is 3.67. The van der Waals surface area contributed by atoms with Crippen LogP contribution >= 0.6 is 0 Å². The van der Waals surface area contributed by atoms with Crippen LogP contribution < -0.4 is 5.32 Å². The molecule has 21 heavy (non-hydrogen) atoms. The third-order valence-electron chi connectivity index (χ3n) is 2.82. The van der Waals surface area contributed by atoms with Crippen molar-refractivity contribution in [1.82, 2.24) is 10.5 Å². The van der Waals surface area contributed by atoms with Crippen molar-refractivity contribution in [3.05, 3.63) is 42.1 Å². The van der Waals surface area contributed by atoms with Gasteiger partial charge in [-0.15, -0.1) is 0 Å². The zero-order valence-corrected chi connectivity index (χ0v) is 11.0. The van der Waals surface area contributed by atoms with Crippen LogP contribution in [-0.4, -0.2) is 39.9 Å². The summed E-state index contributed by atoms with van der Waals surface area (Å²) in [6.45, 7) is -0.342. The molecule has 1 atom stereocenters. The Kier molecular flexibility index (Phi) is 4.68. The number of carboxylic acids is 1. The van der Waals surface area contributed by atoms with E-state index < -0.39 is 17.9 Å². The second-order valence-corrected chi connectivity index (χ2v) is 4.32. The van der Waals surface area contributed by atoms with Crippen LogP contribution in [-0.2, 0) is 4.79 Å². The first-order valence-corrected chi connectivity index (χ1v) is 6.28. The Balaban J connectivity index is 2.10. The van der Waals surface area contributed by atoms with Gasteiger partial charge in [-0.1, -0.05) is 35.5 Å². The lowest BCUT2D eigenvalue weighted by molar-refractivity contribution is -0.139. The highest BCUT2D eigenvalue weighted by Crippen LogP contribution is 2.19. The molecule has 1 heterocycles. The molecule has 3 N–H and O–H groups in total. The van der Waals surface area contributed by atoms with E-state index >= 15 is 0 Å². The SMILES string of the molecule is O=C(N[C@@H](CCO)C(=O)O)c1cc(-c2ccccc2)on1. The predicted octanol–water partition coefficient (Wildman–Crippen LogP) is 0.907. The molecule has 0 unspecified atom stereocenters. The van der Waals surface area contributed by atoms with E-state index in [2.05, 4.69) is 10.5 Å². The summed E-state index contributed by atoms with van der Waals surface area (Å²) in [5, 5.41) is 23.6. The van der Waals surface area contributed by atoms with Crippen molar-refractivity contribution in [3.8, 4) is 11.3 Å². The van der Waals surface area contributed by atoms with E-state index in [4.69, 9.17) is 14.7 Å². The topological polar surface area (TPSA) is 113 Å². The van der Waals surface area contributed by atoms with Crippen LogP contribution in [0.25, 0.3) is 11.3 Å². The second kappa shape index (κ2) is 6.67. The summed E-state index contributed by atoms with van der Waals surface area (Å²) >= 11 is 0. The standard InChI is InChI=1S/C14H14N2O5/c17-7-6-10(14(19)20)15-13(18)11-8-12(21-16-11)9-4-2-1-3-5-9/h1-5,8,10,17H,6-7H2,(H,15,18)(H,19,20)/t10-/m0/s1. The van der Waals surface area contributed by atoms with Gasteiger partial charge in [-0.25, -0.2) is 4.79 Å². The lowest BCUT2D eigenvalue weighted by Gasteiger charge is -2.11. The Morgan fingerprint density at radius 2 is 2.00 bits per heavy atom. The van der Waals surface area contributed by atoms with Crippen molar-refractivity contribution < 1.29 is 24.3 Å². The number of aliphatic hydroxyl groups excluding tert-OH is 1. The molecule has 2 rings (SSSR count). The van der Waals surface area contributed by atoms with Gasteiger partial charge in [0.05, 0.1) is 0 Å². The molecule has 0 bridgehead atoms. The Labute approximate surface area is 120 Å². The molecular weight excluding hydrogens is 276 g/mol. The average molecular weight is 290 g/mol. The van der Waals surface area contributed by atoms with Crippen LogP contribution in [0.4, 0.5) is 0 Å². The minimum absolute atomic E-state index is 0.0157. The Morgan fingerprint density at radius 1 is 1.29 bits per heavy atom. The van der Waals surface area contributed by atoms with Crippen molar-refractivity contribution in [2.45, 2.75) is 12.5 Å². The number of aliphatic hydroxyl groups is 1. The molecule has 2 aromatic rings. The quantitative estimate of drug-likeness (QED) is 0.728. The Morgan fingerprint density at radius 3 is 2.62 bits per heavy atom. The number of carbonyl (C=O) groups excluding carboxylic acids is 1. The zero-order chi connectivity index (χ0) is 15.2. The van der Waals surface area contributed by atoms with Gasteiger partial charge in [0.1, 0.15) is 6.04 Å². The summed E-state index contributed by atoms with van der Waals surface area (Å²) in [6.07, 6.45) is -0.0789. The van der Waals surface area contributed by atoms with Crippen molar-refractivity contribution in [2.75, 3.05) is 6.61 Å². The molecule has 0 aliphatic carbocycles. The summed E-state index contributed by atoms with van der Waals surface area (Å²) in [4.78, 5) is 22.8. The van der Waals surface area contributed by atoms with E-state index in [1.165, 1.54) is 6.07 Å². The molecule has 1 amide bonds. The van der Waals surface area contributed by atoms with E-state index in [-0.39, 0.29) is 18.7 Å². The van der Waals surface area contributed by atoms with Crippen LogP contribution in [0.3, 0.4) is 0 Å². The first kappa shape index (κ1) is 14.7. The van der Waals surface area contributed by atoms with Gasteiger partial charge in [0.25, 0.3) is 5.91 Å². The van der Waals surface area contributed by atoms with Crippen LogP contribution in [0.5, 0.6) is 0 Å². The zero-order valence-electron chi connectivity index (χ0n) is 11.0. The third-order valence-corrected chi connectivity index (χ3v) is 2.82. The fourth-order valence-electron chi connectivity index (χ4n) is 1.74. The molecule has 0 aliphatic rings. The minimum atomic E-state index is -1.22. The number of nitrogens with one attached hydrogen (secondary N) is 1. The Bertz CT molecular complexity index is 623. The first-order valence-electron chi connectivity index (χ1n) is 6.28. The molecule has 0 fully saturated rings. The monoisotopic (exact) mass is 290 g/mol. The molecule has 0 spiro atoms. The van der Waals surface area contributed by atoms with E-state index in [1.54, 1.807) is 12.1 Å². The molecule has 0 saturated heterocycles. The number of rotatable bonds is 6. The smallest absolute Gasteiger partial charge is 0.326 e. The van der Waals surface area contributed by atoms with Gasteiger partial charge in [-0.2, -0.15) is 0 Å². The van der Waals surface area contributed by atoms with Crippen LogP contribution in [0.2, 0.25) is 0 Å². The maximum atomic E-state index is 11.9. The van der Waals surface area contributed by atoms with Crippen LogP contribution in [0.1, 0.15) is 16.9 Å². The Hall–Kier alpha value is -2.67. The number of hydrogen-bond donors (Lipinski definition) is 3. The number of nitrogens with zero attached hydrogens (tertiary/aromatic N) is 1. The second-order valence-electron chi connectivity index (χ2n) is 4.32. The van der Waals surface area contributed by atoms with Gasteiger partial charge in [0.2, 0.25) is 0 Å². The van der Waals surface area contributed by atoms with Crippen LogP contribution in [0, 0.1) is 0 Å². The number of benzene rings is 1. The van der Waals surface area contributed by atoms with Crippen molar-refractivity contribution in [2.24, 2.45) is 0 Å². The number of aromatic nitrogens is 1. The van der Waals surface area contributed by atoms with Crippen molar-refractivity contribution >= 4 is 11.9 Å². The van der Waals surface area contributed by atoms with E-state index in [0.29, 0.717) is 5.76 Å². The van der Waals surface area contributed by atoms with E-state index in [1.807, 2.05) is 18.2 Å². The van der Waals surface area contributed by atoms with Gasteiger partial charge in [-0.05, 0) is 0 Å². The van der Waals surface area contributed by atoms with Crippen molar-refractivity contribution in [1.29, 1.82) is 0 Å². The number of carbonyl (C=O) groups is 2. The van der Waals surface area contributed by atoms with E-state index in [0.717, 1.165) is 5.56 Å². The number of amides is 1. The maximum absolute atomic E-state index is 11.9. The number of hydrogen-bond acceptors (Lipinski definition) is 5. The average Bonchev–Trinajstić information content (AvgIpc) is 2.97. The molecule has 0 saturated carbocycles. The lowest BCUT2D eigenvalue weighted by atomic mass is 10.1. The molecule has 0 aliphatic heterocycles. The van der Waals surface area contributed by atoms with Crippen molar-refractivity contribution in [3.63, 3.8) is 0 Å². The molecule has 1 aromatic heterocycles. The van der Waals surface area contributed by atoms with Gasteiger partial charge in [0.15, 0.2) is 11.5 Å². The summed E-state index contributed by atoms with van der Waals surface area (Å²) in [7, 11) is 0. The molecule has 1 aromatic carbocycles. The van der Waals surface area contributed by atoms with Gasteiger partial charge >= 0.3 is 5.97 Å². The van der Waals surface area contributed by atoms with E-state index in [9.17, 15) is 9.59 Å². The highest BCUT2D eigenvalue weighted by Gasteiger charge is 2.22. The van der Waals surface area contributed by atoms with Gasteiger partial charge in [-0.3, -0.25) is 4.79 Å². The van der Waals surface area contributed by atoms with Gasteiger partial charge < -0.3 is 20.1 Å². The van der Waals surface area contributed by atoms with Gasteiger partial charge in [0, 0.05) is 24.7 Å². The minimum Gasteiger partial charge on any atom is -0.480 e. The fourth-order valence-corrected chi connectivity index (χ4v) is 1.74. The lowest BCUT2D eigenvalue weighted by Crippen LogP contribution is -2.41. The largest absolute Gasteiger partial charge is 0.480 e. The normalized spacial score (nSPS) is 11.9. The summed E-state index contributed by atoms with van der Waals surface area (Å²) in [5.41, 5.74) is 0.743. The fraction of sp³-hybridized carbons (Fsp3) is 0.214. The summed E-state index contributed by atoms with van der Waals surface area (Å²) in [5.74, 6) is -1.47. The predicted molar refractivity (Wildman–Crippen MR) is 72.5 cm³/mol. The highest BCUT2D eigenvalue weighted by molar-refractivity contribution is 5.95. The highest BCUT2D eigenvalue weighted by atomic mass is 16.5. The molecule has 110 valence electrons. The number of carboxylic acid groups (broad SMARTS) is 1. The maximum Gasteiger partial charge on any atom is 0.326 e. The molecule has 7 heteroatoms. The number of aliphatic carboxylic acids is 1. The summed E-state index contributed by atoms with van der Waals surface area (Å²) < 4.78 is 5.07. The molecular formula is C14H14N2O5.